The topological polar surface area (TPSA) is 56.7 Å². The minimum atomic E-state index is -0.0133. The van der Waals surface area contributed by atoms with Gasteiger partial charge in [-0.15, -0.1) is 0 Å². The Hall–Kier alpha value is -0.990. The van der Waals surface area contributed by atoms with Crippen LogP contribution in [0.5, 0.6) is 0 Å². The predicted molar refractivity (Wildman–Crippen MR) is 42.7 cm³/mol. The SMILES string of the molecule is CN1CC2C(C1)C2C(=O)C=[N+]=[N-]. The van der Waals surface area contributed by atoms with E-state index < -0.39 is 0 Å². The molecular formula is C8H11N3O. The minimum absolute atomic E-state index is 0.0133. The summed E-state index contributed by atoms with van der Waals surface area (Å²) >= 11 is 0. The lowest BCUT2D eigenvalue weighted by molar-refractivity contribution is -0.118. The Labute approximate surface area is 70.8 Å². The van der Waals surface area contributed by atoms with Gasteiger partial charge in [-0.1, -0.05) is 0 Å². The number of nitrogens with zero attached hydrogens (tertiary/aromatic N) is 3. The molecule has 0 amide bonds. The van der Waals surface area contributed by atoms with Gasteiger partial charge < -0.3 is 10.4 Å². The molecule has 2 unspecified atom stereocenters. The van der Waals surface area contributed by atoms with Gasteiger partial charge in [-0.05, 0) is 18.9 Å². The molecule has 2 rings (SSSR count). The molecule has 2 atom stereocenters. The third-order valence-electron chi connectivity index (χ3n) is 2.89. The monoisotopic (exact) mass is 165 g/mol. The zero-order valence-electron chi connectivity index (χ0n) is 6.97. The van der Waals surface area contributed by atoms with Crippen molar-refractivity contribution in [3.8, 4) is 0 Å². The summed E-state index contributed by atoms with van der Waals surface area (Å²) in [6.45, 7) is 2.03. The smallest absolute Gasteiger partial charge is 0.323 e. The highest BCUT2D eigenvalue weighted by atomic mass is 16.1. The van der Waals surface area contributed by atoms with Gasteiger partial charge in [0.15, 0.2) is 0 Å². The molecule has 0 spiro atoms. The fraction of sp³-hybridized carbons (Fsp3) is 0.750. The number of carbonyl (C=O) groups is 1. The van der Waals surface area contributed by atoms with Crippen molar-refractivity contribution in [1.82, 2.24) is 4.90 Å². The number of likely N-dealkylation sites (tertiary alicyclic amines) is 1. The van der Waals surface area contributed by atoms with E-state index in [9.17, 15) is 4.79 Å². The van der Waals surface area contributed by atoms with Crippen molar-refractivity contribution in [2.45, 2.75) is 0 Å². The van der Waals surface area contributed by atoms with Gasteiger partial charge in [0.2, 0.25) is 5.78 Å². The summed E-state index contributed by atoms with van der Waals surface area (Å²) in [5.41, 5.74) is 8.17. The fourth-order valence-corrected chi connectivity index (χ4v) is 2.30. The molecule has 0 aromatic rings. The second kappa shape index (κ2) is 2.51. The van der Waals surface area contributed by atoms with Gasteiger partial charge in [-0.2, -0.15) is 4.79 Å². The van der Waals surface area contributed by atoms with Gasteiger partial charge in [0.25, 0.3) is 0 Å². The molecule has 0 radical (unpaired) electrons. The van der Waals surface area contributed by atoms with Gasteiger partial charge in [-0.3, -0.25) is 4.79 Å². The molecule has 2 aliphatic rings. The molecule has 2 fully saturated rings. The summed E-state index contributed by atoms with van der Waals surface area (Å²) < 4.78 is 0. The highest BCUT2D eigenvalue weighted by molar-refractivity contribution is 6.27. The number of Topliss-reactive ketones (excluding diaryl/α,β-unsaturated/α-hetero) is 1. The summed E-state index contributed by atoms with van der Waals surface area (Å²) in [4.78, 5) is 16.2. The lowest BCUT2D eigenvalue weighted by Gasteiger charge is -2.09. The number of hydrogen-bond acceptors (Lipinski definition) is 2. The van der Waals surface area contributed by atoms with Crippen LogP contribution in [0.15, 0.2) is 0 Å². The molecule has 0 N–H and O–H groups in total. The normalized spacial score (nSPS) is 38.6. The van der Waals surface area contributed by atoms with E-state index in [1.165, 1.54) is 0 Å². The second-order valence-corrected chi connectivity index (χ2v) is 3.72. The van der Waals surface area contributed by atoms with Crippen LogP contribution in [0.4, 0.5) is 0 Å². The van der Waals surface area contributed by atoms with Crippen molar-refractivity contribution in [3.05, 3.63) is 5.53 Å². The third kappa shape index (κ3) is 1.00. The van der Waals surface area contributed by atoms with E-state index in [0.717, 1.165) is 19.3 Å². The molecule has 64 valence electrons. The first-order chi connectivity index (χ1) is 5.74. The first-order valence-corrected chi connectivity index (χ1v) is 4.14. The van der Waals surface area contributed by atoms with Crippen molar-refractivity contribution >= 4 is 12.0 Å². The maximum Gasteiger partial charge on any atom is 0.323 e. The number of rotatable bonds is 2. The predicted octanol–water partition coefficient (Wildman–Crippen LogP) is -0.336. The van der Waals surface area contributed by atoms with E-state index >= 15 is 0 Å². The third-order valence-corrected chi connectivity index (χ3v) is 2.89. The number of ketones is 1. The standard InChI is InChI=1S/C8H11N3O/c1-11-3-5-6(4-11)8(5)7(12)2-10-9/h2,5-6,8H,3-4H2,1H3. The molecule has 1 aliphatic heterocycles. The Balaban J connectivity index is 1.97. The molecule has 12 heavy (non-hydrogen) atoms. The van der Waals surface area contributed by atoms with E-state index in [0.29, 0.717) is 11.8 Å². The van der Waals surface area contributed by atoms with Crippen LogP contribution >= 0.6 is 0 Å². The van der Waals surface area contributed by atoms with Gasteiger partial charge >= 0.3 is 6.21 Å². The van der Waals surface area contributed by atoms with E-state index in [1.807, 2.05) is 0 Å². The molecule has 1 aliphatic carbocycles. The molecule has 4 nitrogen and oxygen atoms in total. The lowest BCUT2D eigenvalue weighted by Crippen LogP contribution is -2.22. The second-order valence-electron chi connectivity index (χ2n) is 3.72. The summed E-state index contributed by atoms with van der Waals surface area (Å²) in [6, 6.07) is 0. The summed E-state index contributed by atoms with van der Waals surface area (Å²) in [7, 11) is 2.06. The maximum absolute atomic E-state index is 11.2. The van der Waals surface area contributed by atoms with Crippen LogP contribution in [-0.2, 0) is 4.79 Å². The van der Waals surface area contributed by atoms with Crippen LogP contribution in [-0.4, -0.2) is 41.8 Å². The molecule has 0 aromatic heterocycles. The number of hydrogen-bond donors (Lipinski definition) is 0. The summed E-state index contributed by atoms with van der Waals surface area (Å²) in [5.74, 6) is 1.19. The van der Waals surface area contributed by atoms with Crippen LogP contribution in [0.25, 0.3) is 5.53 Å². The zero-order chi connectivity index (χ0) is 8.72. The molecule has 0 bridgehead atoms. The van der Waals surface area contributed by atoms with Crippen molar-refractivity contribution < 1.29 is 9.58 Å². The number of piperidine rings is 1. The molecular weight excluding hydrogens is 154 g/mol. The average molecular weight is 165 g/mol. The average Bonchev–Trinajstić information content (AvgIpc) is 2.51. The molecule has 0 aromatic carbocycles. The van der Waals surface area contributed by atoms with Gasteiger partial charge in [-0.25, -0.2) is 0 Å². The Morgan fingerprint density at radius 1 is 1.58 bits per heavy atom. The molecule has 4 heteroatoms. The fourth-order valence-electron chi connectivity index (χ4n) is 2.30. The van der Waals surface area contributed by atoms with Gasteiger partial charge in [0.1, 0.15) is 0 Å². The Bertz CT molecular complexity index is 257. The van der Waals surface area contributed by atoms with Gasteiger partial charge in [0.05, 0.1) is 0 Å². The highest BCUT2D eigenvalue weighted by Crippen LogP contribution is 2.51. The van der Waals surface area contributed by atoms with E-state index in [1.54, 1.807) is 0 Å². The van der Waals surface area contributed by atoms with Crippen LogP contribution in [0.3, 0.4) is 0 Å². The molecule has 1 saturated heterocycles. The molecule has 1 saturated carbocycles. The van der Waals surface area contributed by atoms with Gasteiger partial charge in [0, 0.05) is 19.0 Å². The lowest BCUT2D eigenvalue weighted by atomic mass is 10.2. The first kappa shape index (κ1) is 7.65. The Kier molecular flexibility index (Phi) is 1.60. The maximum atomic E-state index is 11.2. The van der Waals surface area contributed by atoms with E-state index in [-0.39, 0.29) is 11.7 Å². The van der Waals surface area contributed by atoms with Crippen LogP contribution in [0, 0.1) is 17.8 Å². The van der Waals surface area contributed by atoms with Crippen molar-refractivity contribution in [3.63, 3.8) is 0 Å². The highest BCUT2D eigenvalue weighted by Gasteiger charge is 2.58. The van der Waals surface area contributed by atoms with Crippen LogP contribution in [0.2, 0.25) is 0 Å². The van der Waals surface area contributed by atoms with Crippen molar-refractivity contribution in [2.75, 3.05) is 20.1 Å². The van der Waals surface area contributed by atoms with E-state index in [4.69, 9.17) is 5.53 Å². The van der Waals surface area contributed by atoms with Crippen LogP contribution in [0.1, 0.15) is 0 Å². The van der Waals surface area contributed by atoms with Crippen LogP contribution < -0.4 is 0 Å². The largest absolute Gasteiger partial charge is 0.361 e. The number of fused-ring (bicyclic) bond motifs is 1. The summed E-state index contributed by atoms with van der Waals surface area (Å²) in [6.07, 6.45) is 1.03. The Morgan fingerprint density at radius 2 is 2.17 bits per heavy atom. The van der Waals surface area contributed by atoms with Crippen molar-refractivity contribution in [2.24, 2.45) is 17.8 Å². The summed E-state index contributed by atoms with van der Waals surface area (Å²) in [5, 5.41) is 0. The first-order valence-electron chi connectivity index (χ1n) is 4.14. The molecule has 1 heterocycles. The van der Waals surface area contributed by atoms with Crippen molar-refractivity contribution in [1.29, 1.82) is 0 Å². The zero-order valence-corrected chi connectivity index (χ0v) is 6.97. The minimum Gasteiger partial charge on any atom is -0.361 e. The Morgan fingerprint density at radius 3 is 2.67 bits per heavy atom. The number of carbonyl (C=O) groups excluding carboxylic acids is 1. The van der Waals surface area contributed by atoms with E-state index in [2.05, 4.69) is 16.7 Å². The quantitative estimate of drug-likeness (QED) is 0.319.